The Morgan fingerprint density at radius 2 is 1.48 bits per heavy atom. The van der Waals surface area contributed by atoms with Gasteiger partial charge < -0.3 is 13.6 Å². The Kier molecular flexibility index (Phi) is 9.42. The molecule has 152 valence electrons. The van der Waals surface area contributed by atoms with Gasteiger partial charge >= 0.3 is 7.60 Å². The molecule has 6 nitrogen and oxygen atoms in total. The van der Waals surface area contributed by atoms with Gasteiger partial charge in [-0.15, -0.1) is 0 Å². The van der Waals surface area contributed by atoms with Crippen molar-refractivity contribution in [1.82, 2.24) is 4.67 Å². The normalized spacial score (nSPS) is 12.7. The molecule has 0 fully saturated rings. The van der Waals surface area contributed by atoms with Crippen LogP contribution in [-0.2, 0) is 30.9 Å². The van der Waals surface area contributed by atoms with E-state index in [4.69, 9.17) is 14.3 Å². The highest BCUT2D eigenvalue weighted by Crippen LogP contribution is 2.58. The molecule has 8 heteroatoms. The molecule has 1 rings (SSSR count). The fourth-order valence-corrected chi connectivity index (χ4v) is 7.52. The van der Waals surface area contributed by atoms with Crippen LogP contribution in [0.25, 0.3) is 0 Å². The smallest absolute Gasteiger partial charge is 0.312 e. The maximum atomic E-state index is 13.7. The highest BCUT2D eigenvalue weighted by Gasteiger charge is 2.36. The highest BCUT2D eigenvalue weighted by molar-refractivity contribution is 7.62. The molecule has 0 heterocycles. The van der Waals surface area contributed by atoms with E-state index in [1.165, 1.54) is 14.2 Å². The van der Waals surface area contributed by atoms with Crippen LogP contribution in [0.1, 0.15) is 45.2 Å². The predicted molar refractivity (Wildman–Crippen MR) is 110 cm³/mol. The molecule has 1 aromatic rings. The summed E-state index contributed by atoms with van der Waals surface area (Å²) in [4.78, 5) is 0. The number of benzene rings is 1. The van der Waals surface area contributed by atoms with Gasteiger partial charge in [-0.1, -0.05) is 52.0 Å². The molecule has 0 N–H and O–H groups in total. The van der Waals surface area contributed by atoms with E-state index < -0.39 is 14.9 Å². The fourth-order valence-electron chi connectivity index (χ4n) is 3.16. The number of hydrogen-bond acceptors (Lipinski definition) is 5. The van der Waals surface area contributed by atoms with Gasteiger partial charge in [-0.25, -0.2) is 4.67 Å². The van der Waals surface area contributed by atoms with E-state index in [1.54, 1.807) is 0 Å². The summed E-state index contributed by atoms with van der Waals surface area (Å²) >= 11 is 0. The minimum absolute atomic E-state index is 0.0183. The molecule has 0 aliphatic rings. The van der Waals surface area contributed by atoms with Crippen molar-refractivity contribution in [2.75, 3.05) is 20.8 Å². The fraction of sp³-hybridized carbons (Fsp3) is 0.632. The Labute approximate surface area is 163 Å². The van der Waals surface area contributed by atoms with E-state index in [0.717, 1.165) is 11.1 Å². The van der Waals surface area contributed by atoms with E-state index in [-0.39, 0.29) is 17.5 Å². The monoisotopic (exact) mass is 414 g/mol. The summed E-state index contributed by atoms with van der Waals surface area (Å²) in [6.45, 7) is 8.93. The summed E-state index contributed by atoms with van der Waals surface area (Å²) in [6, 6.07) is 9.81. The topological polar surface area (TPSA) is 79.6 Å². The lowest BCUT2D eigenvalue weighted by Crippen LogP contribution is -2.29. The number of hydrogen-bond donors (Lipinski definition) is 0. The molecule has 1 aromatic carbocycles. The van der Waals surface area contributed by atoms with Crippen molar-refractivity contribution in [3.8, 4) is 6.07 Å². The zero-order valence-electron chi connectivity index (χ0n) is 17.2. The summed E-state index contributed by atoms with van der Waals surface area (Å²) in [5, 5.41) is 9.00. The number of nitriles is 1. The largest absolute Gasteiger partial charge is 0.334 e. The van der Waals surface area contributed by atoms with E-state index in [2.05, 4.69) is 6.07 Å². The number of rotatable bonds is 11. The van der Waals surface area contributed by atoms with Crippen molar-refractivity contribution in [3.05, 3.63) is 35.4 Å². The van der Waals surface area contributed by atoms with Crippen molar-refractivity contribution in [2.24, 2.45) is 0 Å². The Morgan fingerprint density at radius 3 is 1.89 bits per heavy atom. The molecule has 0 aliphatic carbocycles. The Bertz CT molecular complexity index is 706. The van der Waals surface area contributed by atoms with Crippen LogP contribution in [0, 0.1) is 11.3 Å². The first-order chi connectivity index (χ1) is 12.6. The molecule has 0 saturated heterocycles. The van der Waals surface area contributed by atoms with Gasteiger partial charge in [-0.2, -0.15) is 5.26 Å². The second-order valence-electron chi connectivity index (χ2n) is 7.11. The van der Waals surface area contributed by atoms with Crippen molar-refractivity contribution in [2.45, 2.75) is 58.1 Å². The molecule has 0 atom stereocenters. The summed E-state index contributed by atoms with van der Waals surface area (Å²) in [5.41, 5.74) is 1.89. The maximum Gasteiger partial charge on any atom is 0.334 e. The average molecular weight is 414 g/mol. The minimum Gasteiger partial charge on any atom is -0.312 e. The first kappa shape index (κ1) is 24.1. The maximum absolute atomic E-state index is 13.7. The van der Waals surface area contributed by atoms with Gasteiger partial charge in [0.2, 0.25) is 0 Å². The molecular formula is C19H32N2O4P2. The Balaban J connectivity index is 3.04. The van der Waals surface area contributed by atoms with Crippen LogP contribution < -0.4 is 0 Å². The zero-order valence-corrected chi connectivity index (χ0v) is 19.0. The molecule has 0 saturated carbocycles. The minimum atomic E-state index is -3.10. The summed E-state index contributed by atoms with van der Waals surface area (Å²) in [6.07, 6.45) is 0.543. The quantitative estimate of drug-likeness (QED) is 0.446. The first-order valence-corrected chi connectivity index (χ1v) is 12.7. The van der Waals surface area contributed by atoms with Crippen LogP contribution in [-0.4, -0.2) is 36.8 Å². The molecule has 0 radical (unpaired) electrons. The Morgan fingerprint density at radius 1 is 1.00 bits per heavy atom. The zero-order chi connectivity index (χ0) is 20.7. The van der Waals surface area contributed by atoms with Crippen LogP contribution in [0.2, 0.25) is 0 Å². The van der Waals surface area contributed by atoms with Crippen LogP contribution in [0.3, 0.4) is 0 Å². The molecular weight excluding hydrogens is 382 g/mol. The SMILES string of the molecule is COP(=O)(Cc1ccc(CN(CCC#N)P(=O)(C(C)C)C(C)C)cc1)OC. The van der Waals surface area contributed by atoms with Gasteiger partial charge in [-0.05, 0) is 11.1 Å². The van der Waals surface area contributed by atoms with E-state index >= 15 is 0 Å². The average Bonchev–Trinajstić information content (AvgIpc) is 2.65. The molecule has 0 aromatic heterocycles. The van der Waals surface area contributed by atoms with Crippen LogP contribution >= 0.6 is 14.9 Å². The molecule has 0 spiro atoms. The second-order valence-corrected chi connectivity index (χ2v) is 13.4. The summed E-state index contributed by atoms with van der Waals surface area (Å²) in [5.74, 6) is 0. The first-order valence-electron chi connectivity index (χ1n) is 9.13. The number of nitrogens with zero attached hydrogens (tertiary/aromatic N) is 2. The van der Waals surface area contributed by atoms with Gasteiger partial charge in [0.05, 0.1) is 12.2 Å². The molecule has 0 unspecified atom stereocenters. The van der Waals surface area contributed by atoms with Gasteiger partial charge in [0.15, 0.2) is 7.29 Å². The molecule has 0 bridgehead atoms. The third-order valence-electron chi connectivity index (χ3n) is 4.72. The van der Waals surface area contributed by atoms with Gasteiger partial charge in [-0.3, -0.25) is 4.57 Å². The lowest BCUT2D eigenvalue weighted by molar-refractivity contribution is 0.275. The standard InChI is InChI=1S/C19H32N2O4P2/c1-16(2)27(23,17(3)4)21(13-7-12-20)14-18-8-10-19(11-9-18)15-26(22,24-5)25-6/h8-11,16-17H,7,13-15H2,1-6H3. The third-order valence-corrected chi connectivity index (χ3v) is 10.8. The molecule has 0 aliphatic heterocycles. The molecule has 27 heavy (non-hydrogen) atoms. The third kappa shape index (κ3) is 6.28. The molecule has 0 amide bonds. The van der Waals surface area contributed by atoms with Crippen LogP contribution in [0.5, 0.6) is 0 Å². The van der Waals surface area contributed by atoms with E-state index in [9.17, 15) is 9.13 Å². The van der Waals surface area contributed by atoms with E-state index in [1.807, 2.05) is 56.6 Å². The van der Waals surface area contributed by atoms with Crippen molar-refractivity contribution in [3.63, 3.8) is 0 Å². The van der Waals surface area contributed by atoms with Crippen molar-refractivity contribution in [1.29, 1.82) is 5.26 Å². The predicted octanol–water partition coefficient (Wildman–Crippen LogP) is 5.48. The van der Waals surface area contributed by atoms with Crippen molar-refractivity contribution >= 4 is 14.9 Å². The lowest BCUT2D eigenvalue weighted by Gasteiger charge is -2.37. The van der Waals surface area contributed by atoms with Crippen molar-refractivity contribution < 1.29 is 18.2 Å². The second kappa shape index (κ2) is 10.6. The summed E-state index contributed by atoms with van der Waals surface area (Å²) < 4.78 is 37.9. The summed E-state index contributed by atoms with van der Waals surface area (Å²) in [7, 11) is -2.98. The van der Waals surface area contributed by atoms with Crippen LogP contribution in [0.15, 0.2) is 24.3 Å². The van der Waals surface area contributed by atoms with Gasteiger partial charge in [0.1, 0.15) is 0 Å². The van der Waals surface area contributed by atoms with Gasteiger partial charge in [0, 0.05) is 45.0 Å². The van der Waals surface area contributed by atoms with Gasteiger partial charge in [0.25, 0.3) is 0 Å². The highest BCUT2D eigenvalue weighted by atomic mass is 31.2. The van der Waals surface area contributed by atoms with E-state index in [0.29, 0.717) is 19.5 Å². The lowest BCUT2D eigenvalue weighted by atomic mass is 10.1. The Hall–Kier alpha value is -0.950. The van der Waals surface area contributed by atoms with Crippen LogP contribution in [0.4, 0.5) is 0 Å².